The third-order valence-corrected chi connectivity index (χ3v) is 6.97. The first-order valence-electron chi connectivity index (χ1n) is 11.4. The molecule has 0 saturated heterocycles. The van der Waals surface area contributed by atoms with Crippen molar-refractivity contribution in [2.75, 3.05) is 19.6 Å². The SMILES string of the molecule is CCCN(CC(=O)N1CCn2cccc2C1c1ccc(C(C)C)cc1)C(=O)c1cccs1. The van der Waals surface area contributed by atoms with Crippen molar-refractivity contribution in [3.63, 3.8) is 0 Å². The zero-order chi connectivity index (χ0) is 22.7. The lowest BCUT2D eigenvalue weighted by molar-refractivity contribution is -0.134. The van der Waals surface area contributed by atoms with Crippen LogP contribution in [0, 0.1) is 0 Å². The molecule has 0 N–H and O–H groups in total. The molecule has 0 bridgehead atoms. The normalized spacial score (nSPS) is 15.6. The summed E-state index contributed by atoms with van der Waals surface area (Å²) in [5, 5.41) is 1.90. The van der Waals surface area contributed by atoms with Crippen molar-refractivity contribution >= 4 is 23.2 Å². The summed E-state index contributed by atoms with van der Waals surface area (Å²) in [5.74, 6) is 0.394. The highest BCUT2D eigenvalue weighted by Crippen LogP contribution is 2.33. The number of carbonyl (C=O) groups excluding carboxylic acids is 2. The Balaban J connectivity index is 1.61. The van der Waals surface area contributed by atoms with Crippen LogP contribution in [0.5, 0.6) is 0 Å². The Kier molecular flexibility index (Phi) is 6.80. The predicted octanol–water partition coefficient (Wildman–Crippen LogP) is 5.16. The molecule has 0 radical (unpaired) electrons. The van der Waals surface area contributed by atoms with Gasteiger partial charge in [0, 0.05) is 31.5 Å². The van der Waals surface area contributed by atoms with Crippen molar-refractivity contribution in [3.8, 4) is 0 Å². The third-order valence-electron chi connectivity index (χ3n) is 6.12. The van der Waals surface area contributed by atoms with Gasteiger partial charge in [-0.2, -0.15) is 0 Å². The number of fused-ring (bicyclic) bond motifs is 1. The van der Waals surface area contributed by atoms with Gasteiger partial charge in [-0.3, -0.25) is 9.59 Å². The molecule has 5 nitrogen and oxygen atoms in total. The number of rotatable bonds is 7. The predicted molar refractivity (Wildman–Crippen MR) is 129 cm³/mol. The van der Waals surface area contributed by atoms with Crippen molar-refractivity contribution in [2.45, 2.75) is 45.7 Å². The number of carbonyl (C=O) groups is 2. The van der Waals surface area contributed by atoms with Gasteiger partial charge < -0.3 is 14.4 Å². The van der Waals surface area contributed by atoms with Crippen molar-refractivity contribution in [2.24, 2.45) is 0 Å². The van der Waals surface area contributed by atoms with Crippen molar-refractivity contribution in [1.82, 2.24) is 14.4 Å². The van der Waals surface area contributed by atoms with E-state index in [-0.39, 0.29) is 24.4 Å². The number of aromatic nitrogens is 1. The number of nitrogens with zero attached hydrogens (tertiary/aromatic N) is 3. The van der Waals surface area contributed by atoms with Crippen LogP contribution in [0.3, 0.4) is 0 Å². The fraction of sp³-hybridized carbons (Fsp3) is 0.385. The van der Waals surface area contributed by atoms with E-state index in [1.807, 2.05) is 35.4 Å². The summed E-state index contributed by atoms with van der Waals surface area (Å²) in [7, 11) is 0. The maximum absolute atomic E-state index is 13.6. The molecule has 168 valence electrons. The quantitative estimate of drug-likeness (QED) is 0.500. The van der Waals surface area contributed by atoms with Gasteiger partial charge in [0.1, 0.15) is 6.54 Å². The highest BCUT2D eigenvalue weighted by molar-refractivity contribution is 7.12. The zero-order valence-electron chi connectivity index (χ0n) is 19.0. The molecule has 1 aliphatic rings. The second-order valence-corrected chi connectivity index (χ2v) is 9.59. The first kappa shape index (κ1) is 22.3. The minimum Gasteiger partial charge on any atom is -0.348 e. The van der Waals surface area contributed by atoms with E-state index >= 15 is 0 Å². The van der Waals surface area contributed by atoms with Gasteiger partial charge in [0.2, 0.25) is 5.91 Å². The van der Waals surface area contributed by atoms with E-state index in [0.29, 0.717) is 23.9 Å². The lowest BCUT2D eigenvalue weighted by atomic mass is 9.95. The summed E-state index contributed by atoms with van der Waals surface area (Å²) in [6, 6.07) is 16.3. The third kappa shape index (κ3) is 4.51. The molecule has 1 atom stereocenters. The van der Waals surface area contributed by atoms with Gasteiger partial charge in [-0.05, 0) is 47.0 Å². The van der Waals surface area contributed by atoms with Crippen LogP contribution >= 0.6 is 11.3 Å². The first-order chi connectivity index (χ1) is 15.5. The average molecular weight is 450 g/mol. The van der Waals surface area contributed by atoms with Crippen LogP contribution in [-0.4, -0.2) is 45.8 Å². The summed E-state index contributed by atoms with van der Waals surface area (Å²) < 4.78 is 2.23. The van der Waals surface area contributed by atoms with Gasteiger partial charge in [0.25, 0.3) is 5.91 Å². The first-order valence-corrected chi connectivity index (χ1v) is 12.2. The van der Waals surface area contributed by atoms with Crippen LogP contribution in [0.1, 0.15) is 65.6 Å². The van der Waals surface area contributed by atoms with Gasteiger partial charge in [0.15, 0.2) is 0 Å². The fourth-order valence-electron chi connectivity index (χ4n) is 4.40. The zero-order valence-corrected chi connectivity index (χ0v) is 19.8. The molecule has 2 aromatic heterocycles. The Morgan fingerprint density at radius 2 is 1.88 bits per heavy atom. The van der Waals surface area contributed by atoms with Gasteiger partial charge in [-0.25, -0.2) is 0 Å². The Morgan fingerprint density at radius 1 is 1.09 bits per heavy atom. The summed E-state index contributed by atoms with van der Waals surface area (Å²) >= 11 is 1.42. The molecule has 0 spiro atoms. The summed E-state index contributed by atoms with van der Waals surface area (Å²) in [4.78, 5) is 30.9. The van der Waals surface area contributed by atoms with Gasteiger partial charge in [-0.1, -0.05) is 51.1 Å². The van der Waals surface area contributed by atoms with Crippen LogP contribution in [0.4, 0.5) is 0 Å². The standard InChI is InChI=1S/C26H31N3O2S/c1-4-13-28(26(31)23-8-6-17-32-23)18-24(30)29-16-15-27-14-5-7-22(27)25(29)21-11-9-20(10-12-21)19(2)3/h5-12,14,17,19,25H,4,13,15-16,18H2,1-3H3. The second-order valence-electron chi connectivity index (χ2n) is 8.64. The second kappa shape index (κ2) is 9.74. The van der Waals surface area contributed by atoms with Crippen LogP contribution < -0.4 is 0 Å². The van der Waals surface area contributed by atoms with E-state index in [9.17, 15) is 9.59 Å². The molecule has 6 heteroatoms. The van der Waals surface area contributed by atoms with Gasteiger partial charge in [-0.15, -0.1) is 11.3 Å². The molecule has 0 saturated carbocycles. The molecule has 4 rings (SSSR count). The molecule has 3 aromatic rings. The molecule has 1 aliphatic heterocycles. The molecular formula is C26H31N3O2S. The monoisotopic (exact) mass is 449 g/mol. The van der Waals surface area contributed by atoms with Crippen LogP contribution in [0.15, 0.2) is 60.1 Å². The van der Waals surface area contributed by atoms with E-state index in [0.717, 1.165) is 24.2 Å². The minimum absolute atomic E-state index is 0.00579. The summed E-state index contributed by atoms with van der Waals surface area (Å²) in [5.41, 5.74) is 3.51. The molecular weight excluding hydrogens is 418 g/mol. The Labute approximate surface area is 194 Å². The van der Waals surface area contributed by atoms with E-state index < -0.39 is 0 Å². The topological polar surface area (TPSA) is 45.6 Å². The number of hydrogen-bond donors (Lipinski definition) is 0. The van der Waals surface area contributed by atoms with Crippen LogP contribution in [0.25, 0.3) is 0 Å². The van der Waals surface area contributed by atoms with Crippen LogP contribution in [0.2, 0.25) is 0 Å². The van der Waals surface area contributed by atoms with Crippen molar-refractivity contribution < 1.29 is 9.59 Å². The molecule has 2 amide bonds. The Hall–Kier alpha value is -2.86. The Morgan fingerprint density at radius 3 is 2.53 bits per heavy atom. The van der Waals surface area contributed by atoms with E-state index in [1.54, 1.807) is 4.90 Å². The maximum Gasteiger partial charge on any atom is 0.264 e. The smallest absolute Gasteiger partial charge is 0.264 e. The fourth-order valence-corrected chi connectivity index (χ4v) is 5.09. The average Bonchev–Trinajstić information content (AvgIpc) is 3.49. The van der Waals surface area contributed by atoms with Gasteiger partial charge in [0.05, 0.1) is 10.9 Å². The van der Waals surface area contributed by atoms with E-state index in [1.165, 1.54) is 16.9 Å². The largest absolute Gasteiger partial charge is 0.348 e. The summed E-state index contributed by atoms with van der Waals surface area (Å²) in [6.07, 6.45) is 2.89. The van der Waals surface area contributed by atoms with E-state index in [4.69, 9.17) is 0 Å². The molecule has 0 fully saturated rings. The number of benzene rings is 1. The lowest BCUT2D eigenvalue weighted by Crippen LogP contribution is -2.48. The number of amides is 2. The van der Waals surface area contributed by atoms with Gasteiger partial charge >= 0.3 is 0 Å². The maximum atomic E-state index is 13.6. The highest BCUT2D eigenvalue weighted by Gasteiger charge is 2.33. The van der Waals surface area contributed by atoms with Crippen molar-refractivity contribution in [3.05, 3.63) is 81.8 Å². The molecule has 3 heterocycles. The Bertz CT molecular complexity index is 1050. The number of hydrogen-bond acceptors (Lipinski definition) is 3. The molecule has 1 aromatic carbocycles. The minimum atomic E-state index is -0.146. The van der Waals surface area contributed by atoms with Crippen LogP contribution in [-0.2, 0) is 11.3 Å². The number of thiophene rings is 1. The molecule has 1 unspecified atom stereocenters. The molecule has 0 aliphatic carbocycles. The molecule has 32 heavy (non-hydrogen) atoms. The highest BCUT2D eigenvalue weighted by atomic mass is 32.1. The van der Waals surface area contributed by atoms with Crippen molar-refractivity contribution in [1.29, 1.82) is 0 Å². The lowest BCUT2D eigenvalue weighted by Gasteiger charge is -2.38. The van der Waals surface area contributed by atoms with E-state index in [2.05, 4.69) is 54.9 Å². The summed E-state index contributed by atoms with van der Waals surface area (Å²) in [6.45, 7) is 8.47.